The number of allylic oxidation sites excluding steroid dienone is 4. The molecule has 5 rings (SSSR count). The number of fused-ring (bicyclic) bond motifs is 3. The summed E-state index contributed by atoms with van der Waals surface area (Å²) in [6, 6.07) is 3.31. The molecular formula is C50H68N2O14. The van der Waals surface area contributed by atoms with Gasteiger partial charge in [0.1, 0.15) is 29.8 Å². The quantitative estimate of drug-likeness (QED) is 0.0277. The van der Waals surface area contributed by atoms with E-state index >= 15 is 0 Å². The molecule has 1 aliphatic heterocycles. The lowest BCUT2D eigenvalue weighted by molar-refractivity contribution is -0.249. The maximum absolute atomic E-state index is 13.9. The number of Topliss-reactive ketones (excluding diaryl/α,β-unsaturated/α-hetero) is 1. The number of amides is 2. The molecule has 2 amide bonds. The molecule has 0 spiro atoms. The Balaban J connectivity index is 1.08. The van der Waals surface area contributed by atoms with E-state index in [0.717, 1.165) is 44.9 Å². The number of aliphatic hydroxyl groups is 4. The Morgan fingerprint density at radius 1 is 0.879 bits per heavy atom. The maximum Gasteiger partial charge on any atom is 0.407 e. The van der Waals surface area contributed by atoms with Crippen molar-refractivity contribution < 1.29 is 68.8 Å². The lowest BCUT2D eigenvalue weighted by Gasteiger charge is -2.43. The fourth-order valence-electron chi connectivity index (χ4n) is 8.95. The summed E-state index contributed by atoms with van der Waals surface area (Å²) >= 11 is 0. The van der Waals surface area contributed by atoms with Crippen molar-refractivity contribution in [2.24, 2.45) is 0 Å². The molecule has 66 heavy (non-hydrogen) atoms. The number of ether oxygens (including phenoxy) is 3. The van der Waals surface area contributed by atoms with Gasteiger partial charge in [0.15, 0.2) is 23.6 Å². The third kappa shape index (κ3) is 13.1. The molecular weight excluding hydrogens is 853 g/mol. The molecule has 362 valence electrons. The van der Waals surface area contributed by atoms with Crippen LogP contribution in [0.1, 0.15) is 171 Å². The van der Waals surface area contributed by atoms with Crippen LogP contribution in [0.4, 0.5) is 4.79 Å². The first-order chi connectivity index (χ1) is 31.8. The Morgan fingerprint density at radius 2 is 1.56 bits per heavy atom. The minimum Gasteiger partial charge on any atom is -0.507 e. The minimum absolute atomic E-state index is 0.00529. The van der Waals surface area contributed by atoms with Gasteiger partial charge in [0.05, 0.1) is 42.6 Å². The number of aliphatic hydroxyl groups excluding tert-OH is 3. The zero-order valence-electron chi connectivity index (χ0n) is 38.2. The van der Waals surface area contributed by atoms with Crippen LogP contribution in [0, 0.1) is 0 Å². The normalized spacial score (nSPS) is 22.5. The molecule has 2 aromatic carbocycles. The summed E-state index contributed by atoms with van der Waals surface area (Å²) < 4.78 is 17.4. The Labute approximate surface area is 386 Å². The Morgan fingerprint density at radius 3 is 2.26 bits per heavy atom. The van der Waals surface area contributed by atoms with Gasteiger partial charge in [-0.1, -0.05) is 88.0 Å². The molecule has 2 aromatic rings. The van der Waals surface area contributed by atoms with E-state index < -0.39 is 114 Å². The number of aromatic hydroxyl groups is 2. The van der Waals surface area contributed by atoms with Crippen LogP contribution >= 0.6 is 0 Å². The van der Waals surface area contributed by atoms with E-state index in [9.17, 15) is 54.6 Å². The van der Waals surface area contributed by atoms with Crippen LogP contribution in [0.3, 0.4) is 0 Å². The topological polar surface area (TPSA) is 258 Å². The van der Waals surface area contributed by atoms with Crippen molar-refractivity contribution in [1.29, 1.82) is 0 Å². The average Bonchev–Trinajstić information content (AvgIpc) is 3.30. The summed E-state index contributed by atoms with van der Waals surface area (Å²) in [7, 11) is 0. The summed E-state index contributed by atoms with van der Waals surface area (Å²) in [5, 5.41) is 71.1. The molecule has 6 atom stereocenters. The van der Waals surface area contributed by atoms with Crippen LogP contribution in [0.25, 0.3) is 0 Å². The minimum atomic E-state index is -2.36. The van der Waals surface area contributed by atoms with Crippen LogP contribution in [0.5, 0.6) is 11.5 Å². The smallest absolute Gasteiger partial charge is 0.407 e. The van der Waals surface area contributed by atoms with Crippen molar-refractivity contribution in [3.05, 3.63) is 81.4 Å². The van der Waals surface area contributed by atoms with Gasteiger partial charge in [-0.05, 0) is 57.4 Å². The van der Waals surface area contributed by atoms with E-state index in [1.807, 2.05) is 0 Å². The molecule has 0 aromatic heterocycles. The second kappa shape index (κ2) is 25.2. The summed E-state index contributed by atoms with van der Waals surface area (Å²) in [5.74, 6) is -4.68. The number of hydrogen-bond acceptors (Lipinski definition) is 14. The number of phenols is 2. The highest BCUT2D eigenvalue weighted by Gasteiger charge is 2.50. The molecule has 0 bridgehead atoms. The van der Waals surface area contributed by atoms with Crippen LogP contribution < -0.4 is 10.6 Å². The highest BCUT2D eigenvalue weighted by atomic mass is 16.7. The Kier molecular flexibility index (Phi) is 19.9. The molecule has 0 radical (unpaired) electrons. The molecule has 16 nitrogen and oxygen atoms in total. The number of phenolic OH excluding ortho intramolecular Hbond substituents is 2. The number of ketones is 3. The zero-order valence-corrected chi connectivity index (χ0v) is 38.2. The molecule has 2 aliphatic carbocycles. The molecule has 8 N–H and O–H groups in total. The van der Waals surface area contributed by atoms with Crippen LogP contribution in [0.15, 0.2) is 42.5 Å². The Hall–Kier alpha value is -4.97. The van der Waals surface area contributed by atoms with E-state index in [0.29, 0.717) is 6.61 Å². The third-order valence-electron chi connectivity index (χ3n) is 12.6. The molecule has 0 saturated carbocycles. The molecule has 1 fully saturated rings. The second-order valence-electron chi connectivity index (χ2n) is 17.5. The average molecular weight is 921 g/mol. The summed E-state index contributed by atoms with van der Waals surface area (Å²) in [6.45, 7) is 2.54. The van der Waals surface area contributed by atoms with Gasteiger partial charge in [0.2, 0.25) is 5.91 Å². The number of hydrogen-bond donors (Lipinski definition) is 8. The summed E-state index contributed by atoms with van der Waals surface area (Å²) in [5.41, 5.74) is -4.09. The number of benzene rings is 2. The van der Waals surface area contributed by atoms with Gasteiger partial charge in [0, 0.05) is 54.5 Å². The van der Waals surface area contributed by atoms with E-state index in [1.165, 1.54) is 57.2 Å². The second-order valence-corrected chi connectivity index (χ2v) is 17.5. The number of nitrogens with one attached hydrogen (secondary N) is 2. The SMILES string of the molecule is CCCCC/C=C\C/C=C\CCCCCCCCOC(=O)NCCCC(=O)N[C@H]1C[C@H](O[C@H]2C[C@](O)(C(=O)CO)Cc3c(O)c4c(c(O)c32)C(=O)c2c(CO)cccc2C4=O)O[C@@H](C)[C@H]1O. The predicted molar refractivity (Wildman–Crippen MR) is 243 cm³/mol. The maximum atomic E-state index is 13.9. The highest BCUT2D eigenvalue weighted by molar-refractivity contribution is 6.31. The van der Waals surface area contributed by atoms with E-state index in [4.69, 9.17) is 14.2 Å². The number of carbonyl (C=O) groups excluding carboxylic acids is 5. The van der Waals surface area contributed by atoms with Gasteiger partial charge in [0.25, 0.3) is 0 Å². The standard InChI is InChI=1S/C50H68N2O14/c1-3-4-5-6-7-8-9-10-11-12-13-14-15-16-17-18-25-64-49(62)51-24-20-23-38(56)52-35-26-39(65-31(2)44(35)57)66-36-28-50(63,37(55)30-54)27-34-41(36)48(61)43-42(46(34)59)45(58)33-22-19-21-32(29-53)40(33)47(43)60/h7-8,10-11,19,21-22,31,35-36,39,44,53-54,57,59,61,63H,3-6,9,12-18,20,23-30H2,1-2H3,(H,51,62)(H,52,56)/b8-7-,11-10-/t31-,35-,36-,39-,44+,50-/m0/s1. The van der Waals surface area contributed by atoms with Gasteiger partial charge < -0.3 is 55.5 Å². The number of alkyl carbamates (subject to hydrolysis) is 1. The van der Waals surface area contributed by atoms with Crippen molar-refractivity contribution in [3.63, 3.8) is 0 Å². The summed E-state index contributed by atoms with van der Waals surface area (Å²) in [6.07, 6.45) is 15.8. The van der Waals surface area contributed by atoms with Gasteiger partial charge in [-0.3, -0.25) is 19.2 Å². The third-order valence-corrected chi connectivity index (χ3v) is 12.6. The molecule has 1 saturated heterocycles. The first-order valence-electron chi connectivity index (χ1n) is 23.5. The van der Waals surface area contributed by atoms with Crippen LogP contribution in [-0.4, -0.2) is 110 Å². The molecule has 0 unspecified atom stereocenters. The van der Waals surface area contributed by atoms with Crippen molar-refractivity contribution >= 4 is 29.4 Å². The molecule has 1 heterocycles. The van der Waals surface area contributed by atoms with Crippen molar-refractivity contribution in [2.75, 3.05) is 19.8 Å². The van der Waals surface area contributed by atoms with Crippen molar-refractivity contribution in [2.45, 2.75) is 166 Å². The number of unbranched alkanes of at least 4 members (excludes halogenated alkanes) is 9. The van der Waals surface area contributed by atoms with Gasteiger partial charge in [-0.2, -0.15) is 0 Å². The first-order valence-corrected chi connectivity index (χ1v) is 23.5. The van der Waals surface area contributed by atoms with Gasteiger partial charge >= 0.3 is 6.09 Å². The van der Waals surface area contributed by atoms with Gasteiger partial charge in [-0.15, -0.1) is 0 Å². The zero-order chi connectivity index (χ0) is 47.8. The molecule has 16 heteroatoms. The lowest BCUT2D eigenvalue weighted by atomic mass is 9.71. The van der Waals surface area contributed by atoms with Crippen molar-refractivity contribution in [3.8, 4) is 11.5 Å². The van der Waals surface area contributed by atoms with E-state index in [1.54, 1.807) is 0 Å². The monoisotopic (exact) mass is 920 g/mol. The number of carbonyl (C=O) groups is 5. The summed E-state index contributed by atoms with van der Waals surface area (Å²) in [4.78, 5) is 65.9. The predicted octanol–water partition coefficient (Wildman–Crippen LogP) is 5.96. The highest BCUT2D eigenvalue weighted by Crippen LogP contribution is 2.52. The van der Waals surface area contributed by atoms with Crippen molar-refractivity contribution in [1.82, 2.24) is 10.6 Å². The fraction of sp³-hybridized carbons (Fsp3) is 0.580. The largest absolute Gasteiger partial charge is 0.507 e. The van der Waals surface area contributed by atoms with E-state index in [-0.39, 0.29) is 53.6 Å². The van der Waals surface area contributed by atoms with Gasteiger partial charge in [-0.25, -0.2) is 4.79 Å². The first kappa shape index (κ1) is 52.0. The lowest BCUT2D eigenvalue weighted by Crippen LogP contribution is -2.55. The van der Waals surface area contributed by atoms with E-state index in [2.05, 4.69) is 41.9 Å². The fourth-order valence-corrected chi connectivity index (χ4v) is 8.95. The van der Waals surface area contributed by atoms with Crippen LogP contribution in [-0.2, 0) is 36.8 Å². The Bertz CT molecular complexity index is 2080. The number of rotatable bonds is 25. The molecule has 3 aliphatic rings. The van der Waals surface area contributed by atoms with Crippen LogP contribution in [0.2, 0.25) is 0 Å².